The van der Waals surface area contributed by atoms with Gasteiger partial charge in [0.25, 0.3) is 5.91 Å². The second kappa shape index (κ2) is 5.83. The molecule has 0 aromatic heterocycles. The fourth-order valence-corrected chi connectivity index (χ4v) is 1.23. The Morgan fingerprint density at radius 2 is 2.06 bits per heavy atom. The largest absolute Gasteiger partial charge is 0.507 e. The number of rotatable bonds is 5. The highest BCUT2D eigenvalue weighted by molar-refractivity contribution is 5.96. The van der Waals surface area contributed by atoms with Gasteiger partial charge >= 0.3 is 5.97 Å². The highest BCUT2D eigenvalue weighted by atomic mass is 19.1. The molecule has 17 heavy (non-hydrogen) atoms. The number of carbonyl (C=O) groups excluding carboxylic acids is 1. The van der Waals surface area contributed by atoms with Crippen LogP contribution in [0.3, 0.4) is 0 Å². The molecule has 0 heterocycles. The molecule has 0 aliphatic heterocycles. The Morgan fingerprint density at radius 1 is 1.35 bits per heavy atom. The topological polar surface area (TPSA) is 86.6 Å². The zero-order valence-corrected chi connectivity index (χ0v) is 8.94. The maximum Gasteiger partial charge on any atom is 0.303 e. The first-order valence-corrected chi connectivity index (χ1v) is 4.99. The number of carbonyl (C=O) groups is 2. The molecule has 0 unspecified atom stereocenters. The number of phenolic OH excluding ortho intramolecular Hbond substituents is 1. The number of hydrogen-bond donors (Lipinski definition) is 3. The molecule has 0 atom stereocenters. The number of amides is 1. The van der Waals surface area contributed by atoms with Gasteiger partial charge in [-0.2, -0.15) is 0 Å². The van der Waals surface area contributed by atoms with E-state index in [1.807, 2.05) is 0 Å². The molecule has 3 N–H and O–H groups in total. The third-order valence-electron chi connectivity index (χ3n) is 2.06. The third-order valence-corrected chi connectivity index (χ3v) is 2.06. The van der Waals surface area contributed by atoms with E-state index < -0.39 is 23.4 Å². The summed E-state index contributed by atoms with van der Waals surface area (Å²) >= 11 is 0. The molecular formula is C11H12FNO4. The average molecular weight is 241 g/mol. The predicted octanol–water partition coefficient (Wildman–Crippen LogP) is 1.13. The van der Waals surface area contributed by atoms with E-state index in [4.69, 9.17) is 5.11 Å². The molecule has 0 fully saturated rings. The number of aromatic hydroxyl groups is 1. The summed E-state index contributed by atoms with van der Waals surface area (Å²) in [6, 6.07) is 3.06. The average Bonchev–Trinajstić information content (AvgIpc) is 2.23. The number of hydrogen-bond acceptors (Lipinski definition) is 3. The first-order chi connectivity index (χ1) is 8.00. The van der Waals surface area contributed by atoms with Gasteiger partial charge in [0, 0.05) is 19.0 Å². The minimum atomic E-state index is -0.941. The predicted molar refractivity (Wildman–Crippen MR) is 57.3 cm³/mol. The lowest BCUT2D eigenvalue weighted by Crippen LogP contribution is -2.25. The van der Waals surface area contributed by atoms with Crippen molar-refractivity contribution in [3.63, 3.8) is 0 Å². The standard InChI is InChI=1S/C11H12FNO4/c12-7-3-4-8(9(14)6-7)11(17)13-5-1-2-10(15)16/h3-4,6,14H,1-2,5H2,(H,13,17)(H,15,16). The van der Waals surface area contributed by atoms with E-state index >= 15 is 0 Å². The van der Waals surface area contributed by atoms with Crippen molar-refractivity contribution in [3.8, 4) is 5.75 Å². The quantitative estimate of drug-likeness (QED) is 0.674. The molecule has 0 bridgehead atoms. The molecule has 1 aromatic carbocycles. The van der Waals surface area contributed by atoms with Gasteiger partial charge in [-0.25, -0.2) is 4.39 Å². The van der Waals surface area contributed by atoms with Gasteiger partial charge < -0.3 is 15.5 Å². The molecule has 6 heteroatoms. The SMILES string of the molecule is O=C(O)CCCNC(=O)c1ccc(F)cc1O. The molecule has 0 aliphatic rings. The van der Waals surface area contributed by atoms with Gasteiger partial charge in [-0.05, 0) is 18.6 Å². The Hall–Kier alpha value is -2.11. The van der Waals surface area contributed by atoms with Gasteiger partial charge in [0.15, 0.2) is 0 Å². The van der Waals surface area contributed by atoms with Crippen molar-refractivity contribution < 1.29 is 24.2 Å². The molecule has 1 amide bonds. The summed E-state index contributed by atoms with van der Waals surface area (Å²) in [6.07, 6.45) is 0.249. The van der Waals surface area contributed by atoms with Crippen LogP contribution in [0, 0.1) is 5.82 Å². The molecular weight excluding hydrogens is 229 g/mol. The van der Waals surface area contributed by atoms with Crippen molar-refractivity contribution >= 4 is 11.9 Å². The highest BCUT2D eigenvalue weighted by Crippen LogP contribution is 2.17. The van der Waals surface area contributed by atoms with Crippen molar-refractivity contribution in [2.45, 2.75) is 12.8 Å². The number of benzene rings is 1. The normalized spacial score (nSPS) is 9.94. The van der Waals surface area contributed by atoms with E-state index in [1.54, 1.807) is 0 Å². The Bertz CT molecular complexity index is 433. The summed E-state index contributed by atoms with van der Waals surface area (Å²) in [6.45, 7) is 0.182. The lowest BCUT2D eigenvalue weighted by Gasteiger charge is -2.05. The molecule has 0 spiro atoms. The third kappa shape index (κ3) is 4.10. The van der Waals surface area contributed by atoms with Crippen LogP contribution in [0.15, 0.2) is 18.2 Å². The molecule has 1 rings (SSSR count). The van der Waals surface area contributed by atoms with E-state index in [-0.39, 0.29) is 18.5 Å². The van der Waals surface area contributed by atoms with Crippen molar-refractivity contribution in [1.82, 2.24) is 5.32 Å². The van der Waals surface area contributed by atoms with Crippen LogP contribution in [0.1, 0.15) is 23.2 Å². The maximum absolute atomic E-state index is 12.6. The number of phenols is 1. The van der Waals surface area contributed by atoms with Crippen molar-refractivity contribution in [2.24, 2.45) is 0 Å². The van der Waals surface area contributed by atoms with Gasteiger partial charge in [0.2, 0.25) is 0 Å². The van der Waals surface area contributed by atoms with Gasteiger partial charge in [0.1, 0.15) is 11.6 Å². The van der Waals surface area contributed by atoms with Crippen LogP contribution in [0.5, 0.6) is 5.75 Å². The molecule has 0 saturated carbocycles. The Balaban J connectivity index is 2.50. The number of carboxylic acids is 1. The van der Waals surface area contributed by atoms with Crippen LogP contribution in [-0.4, -0.2) is 28.6 Å². The fourth-order valence-electron chi connectivity index (χ4n) is 1.23. The van der Waals surface area contributed by atoms with Crippen LogP contribution in [0.25, 0.3) is 0 Å². The summed E-state index contributed by atoms with van der Waals surface area (Å²) in [4.78, 5) is 21.7. The Kier molecular flexibility index (Phi) is 4.45. The summed E-state index contributed by atoms with van der Waals surface area (Å²) in [5.74, 6) is -2.58. The minimum absolute atomic E-state index is 0.0401. The molecule has 0 aliphatic carbocycles. The maximum atomic E-state index is 12.6. The van der Waals surface area contributed by atoms with Gasteiger partial charge in [0.05, 0.1) is 5.56 Å². The zero-order valence-electron chi connectivity index (χ0n) is 8.94. The Morgan fingerprint density at radius 3 is 2.65 bits per heavy atom. The van der Waals surface area contributed by atoms with Crippen LogP contribution < -0.4 is 5.32 Å². The van der Waals surface area contributed by atoms with Crippen molar-refractivity contribution in [2.75, 3.05) is 6.54 Å². The second-order valence-electron chi connectivity index (χ2n) is 3.41. The van der Waals surface area contributed by atoms with Crippen molar-refractivity contribution in [1.29, 1.82) is 0 Å². The Labute approximate surface area is 96.9 Å². The molecule has 5 nitrogen and oxygen atoms in total. The highest BCUT2D eigenvalue weighted by Gasteiger charge is 2.11. The lowest BCUT2D eigenvalue weighted by atomic mass is 10.2. The monoisotopic (exact) mass is 241 g/mol. The minimum Gasteiger partial charge on any atom is -0.507 e. The first kappa shape index (κ1) is 13.0. The fraction of sp³-hybridized carbons (Fsp3) is 0.273. The molecule has 0 saturated heterocycles. The summed E-state index contributed by atoms with van der Waals surface area (Å²) in [5.41, 5.74) is -0.0401. The summed E-state index contributed by atoms with van der Waals surface area (Å²) in [7, 11) is 0. The number of aliphatic carboxylic acids is 1. The van der Waals surface area contributed by atoms with Crippen LogP contribution >= 0.6 is 0 Å². The van der Waals surface area contributed by atoms with Crippen LogP contribution in [0.4, 0.5) is 4.39 Å². The molecule has 92 valence electrons. The van der Waals surface area contributed by atoms with Crippen LogP contribution in [-0.2, 0) is 4.79 Å². The molecule has 1 aromatic rings. The smallest absolute Gasteiger partial charge is 0.303 e. The number of halogens is 1. The van der Waals surface area contributed by atoms with Gasteiger partial charge in [-0.3, -0.25) is 9.59 Å². The van der Waals surface area contributed by atoms with E-state index in [1.165, 1.54) is 0 Å². The number of carboxylic acid groups (broad SMARTS) is 1. The van der Waals surface area contributed by atoms with E-state index in [0.29, 0.717) is 6.42 Å². The zero-order chi connectivity index (χ0) is 12.8. The van der Waals surface area contributed by atoms with E-state index in [0.717, 1.165) is 18.2 Å². The van der Waals surface area contributed by atoms with Crippen LogP contribution in [0.2, 0.25) is 0 Å². The van der Waals surface area contributed by atoms with Crippen molar-refractivity contribution in [3.05, 3.63) is 29.6 Å². The lowest BCUT2D eigenvalue weighted by molar-refractivity contribution is -0.137. The van der Waals surface area contributed by atoms with Gasteiger partial charge in [-0.15, -0.1) is 0 Å². The van der Waals surface area contributed by atoms with Gasteiger partial charge in [-0.1, -0.05) is 0 Å². The summed E-state index contributed by atoms with van der Waals surface area (Å²) in [5, 5.41) is 20.1. The second-order valence-corrected chi connectivity index (χ2v) is 3.41. The molecule has 0 radical (unpaired) electrons. The number of nitrogens with one attached hydrogen (secondary N) is 1. The van der Waals surface area contributed by atoms with E-state index in [9.17, 15) is 19.1 Å². The first-order valence-electron chi connectivity index (χ1n) is 4.99. The van der Waals surface area contributed by atoms with E-state index in [2.05, 4.69) is 5.32 Å². The summed E-state index contributed by atoms with van der Waals surface area (Å²) < 4.78 is 12.6.